The van der Waals surface area contributed by atoms with Gasteiger partial charge in [0.1, 0.15) is 0 Å². The molecule has 6 heteroatoms. The van der Waals surface area contributed by atoms with E-state index in [4.69, 9.17) is 4.74 Å². The van der Waals surface area contributed by atoms with Gasteiger partial charge in [0.05, 0.1) is 0 Å². The van der Waals surface area contributed by atoms with Crippen LogP contribution in [0.2, 0.25) is 0 Å². The summed E-state index contributed by atoms with van der Waals surface area (Å²) in [7, 11) is 1.84. The molecule has 1 heterocycles. The van der Waals surface area contributed by atoms with Crippen LogP contribution in [0.3, 0.4) is 0 Å². The Balaban J connectivity index is 0.00000576. The Hall–Kier alpha value is -0.0800. The summed E-state index contributed by atoms with van der Waals surface area (Å²) in [5.74, 6) is 1.84. The second kappa shape index (κ2) is 17.3. The Morgan fingerprint density at radius 3 is 2.32 bits per heavy atom. The van der Waals surface area contributed by atoms with E-state index in [9.17, 15) is 0 Å². The van der Waals surface area contributed by atoms with Crippen LogP contribution >= 0.6 is 24.0 Å². The number of halogens is 1. The predicted octanol–water partition coefficient (Wildman–Crippen LogP) is 3.49. The molecule has 1 saturated heterocycles. The second-order valence-electron chi connectivity index (χ2n) is 6.98. The largest absolute Gasteiger partial charge is 0.381 e. The van der Waals surface area contributed by atoms with E-state index in [0.29, 0.717) is 0 Å². The number of piperidine rings is 1. The maximum atomic E-state index is 5.56. The lowest BCUT2D eigenvalue weighted by atomic mass is 9.99. The summed E-state index contributed by atoms with van der Waals surface area (Å²) in [6.07, 6.45) is 8.60. The van der Waals surface area contributed by atoms with E-state index < -0.39 is 0 Å². The van der Waals surface area contributed by atoms with Crippen LogP contribution < -0.4 is 10.6 Å². The van der Waals surface area contributed by atoms with Gasteiger partial charge in [0.2, 0.25) is 0 Å². The lowest BCUT2D eigenvalue weighted by molar-refractivity contribution is 0.129. The molecule has 1 rings (SSSR count). The predicted molar refractivity (Wildman–Crippen MR) is 119 cm³/mol. The third-order valence-corrected chi connectivity index (χ3v) is 4.69. The fourth-order valence-electron chi connectivity index (χ4n) is 2.90. The summed E-state index contributed by atoms with van der Waals surface area (Å²) in [6.45, 7) is 12.0. The zero-order valence-corrected chi connectivity index (χ0v) is 19.0. The number of aliphatic imine (C=N–C) groups is 1. The normalized spacial score (nSPS) is 16.5. The Labute approximate surface area is 172 Å². The van der Waals surface area contributed by atoms with Gasteiger partial charge < -0.3 is 20.3 Å². The van der Waals surface area contributed by atoms with Crippen molar-refractivity contribution in [2.45, 2.75) is 58.8 Å². The Morgan fingerprint density at radius 1 is 1.04 bits per heavy atom. The van der Waals surface area contributed by atoms with Crippen molar-refractivity contribution < 1.29 is 4.74 Å². The summed E-state index contributed by atoms with van der Waals surface area (Å²) < 4.78 is 5.56. The average Bonchev–Trinajstić information content (AvgIpc) is 2.60. The number of unbranched alkanes of at least 4 members (excludes halogenated alkanes) is 2. The molecule has 0 radical (unpaired) electrons. The highest BCUT2D eigenvalue weighted by Crippen LogP contribution is 2.15. The number of hydrogen-bond acceptors (Lipinski definition) is 3. The van der Waals surface area contributed by atoms with Crippen molar-refractivity contribution in [1.82, 2.24) is 15.5 Å². The van der Waals surface area contributed by atoms with Crippen molar-refractivity contribution in [2.75, 3.05) is 53.0 Å². The molecule has 0 amide bonds. The van der Waals surface area contributed by atoms with Gasteiger partial charge in [-0.05, 0) is 64.1 Å². The molecule has 0 aromatic carbocycles. The molecule has 25 heavy (non-hydrogen) atoms. The first-order chi connectivity index (χ1) is 11.8. The molecule has 0 bridgehead atoms. The molecule has 0 atom stereocenters. The van der Waals surface area contributed by atoms with Crippen LogP contribution in [0, 0.1) is 5.92 Å². The topological polar surface area (TPSA) is 48.9 Å². The Kier molecular flexibility index (Phi) is 17.3. The Bertz CT molecular complexity index is 321. The molecule has 0 spiro atoms. The average molecular weight is 468 g/mol. The third kappa shape index (κ3) is 13.7. The van der Waals surface area contributed by atoms with E-state index in [1.165, 1.54) is 51.7 Å². The van der Waals surface area contributed by atoms with Crippen molar-refractivity contribution in [3.63, 3.8) is 0 Å². The van der Waals surface area contributed by atoms with Gasteiger partial charge >= 0.3 is 0 Å². The van der Waals surface area contributed by atoms with E-state index in [0.717, 1.165) is 51.0 Å². The van der Waals surface area contributed by atoms with Crippen LogP contribution in [0.1, 0.15) is 58.8 Å². The number of ether oxygens (including phenoxy) is 1. The highest BCUT2D eigenvalue weighted by atomic mass is 127. The van der Waals surface area contributed by atoms with E-state index in [1.807, 2.05) is 7.05 Å². The number of guanidine groups is 1. The highest BCUT2D eigenvalue weighted by molar-refractivity contribution is 14.0. The molecule has 1 aliphatic rings. The minimum absolute atomic E-state index is 0. The van der Waals surface area contributed by atoms with E-state index >= 15 is 0 Å². The first kappa shape index (κ1) is 24.9. The monoisotopic (exact) mass is 468 g/mol. The van der Waals surface area contributed by atoms with Gasteiger partial charge in [0, 0.05) is 33.4 Å². The van der Waals surface area contributed by atoms with Crippen LogP contribution in [-0.2, 0) is 4.74 Å². The molecule has 1 fully saturated rings. The number of nitrogens with one attached hydrogen (secondary N) is 2. The van der Waals surface area contributed by atoms with Gasteiger partial charge in [0.15, 0.2) is 5.96 Å². The number of nitrogens with zero attached hydrogens (tertiary/aromatic N) is 2. The lowest BCUT2D eigenvalue weighted by Crippen LogP contribution is -2.39. The van der Waals surface area contributed by atoms with Crippen molar-refractivity contribution in [3.8, 4) is 0 Å². The molecule has 0 unspecified atom stereocenters. The van der Waals surface area contributed by atoms with Crippen molar-refractivity contribution in [1.29, 1.82) is 0 Å². The molecule has 5 nitrogen and oxygen atoms in total. The zero-order chi connectivity index (χ0) is 17.5. The molecule has 0 saturated carbocycles. The molecule has 2 N–H and O–H groups in total. The van der Waals surface area contributed by atoms with Gasteiger partial charge in [-0.1, -0.05) is 20.3 Å². The van der Waals surface area contributed by atoms with E-state index in [2.05, 4.69) is 34.4 Å². The van der Waals surface area contributed by atoms with E-state index in [-0.39, 0.29) is 24.0 Å². The molecule has 0 aliphatic carbocycles. The lowest BCUT2D eigenvalue weighted by Gasteiger charge is -2.30. The first-order valence-electron chi connectivity index (χ1n) is 10.0. The van der Waals surface area contributed by atoms with Crippen LogP contribution in [0.4, 0.5) is 0 Å². The molecular weight excluding hydrogens is 427 g/mol. The summed E-state index contributed by atoms with van der Waals surface area (Å²) in [4.78, 5) is 6.89. The van der Waals surface area contributed by atoms with E-state index in [1.54, 1.807) is 0 Å². The zero-order valence-electron chi connectivity index (χ0n) is 16.7. The van der Waals surface area contributed by atoms with Gasteiger partial charge in [-0.3, -0.25) is 4.99 Å². The van der Waals surface area contributed by atoms with Crippen molar-refractivity contribution >= 4 is 29.9 Å². The molecule has 150 valence electrons. The quantitative estimate of drug-likeness (QED) is 0.199. The van der Waals surface area contributed by atoms with Crippen molar-refractivity contribution in [2.24, 2.45) is 10.9 Å². The van der Waals surface area contributed by atoms with Gasteiger partial charge in [-0.2, -0.15) is 0 Å². The minimum Gasteiger partial charge on any atom is -0.381 e. The third-order valence-electron chi connectivity index (χ3n) is 4.69. The summed E-state index contributed by atoms with van der Waals surface area (Å²) >= 11 is 0. The van der Waals surface area contributed by atoms with Gasteiger partial charge in [-0.25, -0.2) is 0 Å². The SMILES string of the molecule is CCCCOCCCNC(=NC)NCCCCN1CCC(C)CC1.I. The molecule has 0 aromatic rings. The maximum absolute atomic E-state index is 5.56. The highest BCUT2D eigenvalue weighted by Gasteiger charge is 2.14. The molecule has 0 aromatic heterocycles. The fourth-order valence-corrected chi connectivity index (χ4v) is 2.90. The Morgan fingerprint density at radius 2 is 1.68 bits per heavy atom. The number of rotatable bonds is 12. The molecular formula is C19H41IN4O. The van der Waals surface area contributed by atoms with Crippen LogP contribution in [0.15, 0.2) is 4.99 Å². The fraction of sp³-hybridized carbons (Fsp3) is 0.947. The number of likely N-dealkylation sites (tertiary alicyclic amines) is 1. The van der Waals surface area contributed by atoms with Crippen LogP contribution in [-0.4, -0.2) is 63.8 Å². The second-order valence-corrected chi connectivity index (χ2v) is 6.98. The molecule has 1 aliphatic heterocycles. The summed E-state index contributed by atoms with van der Waals surface area (Å²) in [5.41, 5.74) is 0. The maximum Gasteiger partial charge on any atom is 0.190 e. The minimum atomic E-state index is 0. The van der Waals surface area contributed by atoms with Gasteiger partial charge in [0.25, 0.3) is 0 Å². The van der Waals surface area contributed by atoms with Gasteiger partial charge in [-0.15, -0.1) is 24.0 Å². The standard InChI is InChI=1S/C19H40N4O.HI/c1-4-5-16-24-17-8-12-22-19(20-3)21-11-6-7-13-23-14-9-18(2)10-15-23;/h18H,4-17H2,1-3H3,(H2,20,21,22);1H. The van der Waals surface area contributed by atoms with Crippen LogP contribution in [0.5, 0.6) is 0 Å². The van der Waals surface area contributed by atoms with Crippen molar-refractivity contribution in [3.05, 3.63) is 0 Å². The summed E-state index contributed by atoms with van der Waals surface area (Å²) in [6, 6.07) is 0. The first-order valence-corrected chi connectivity index (χ1v) is 10.0. The summed E-state index contributed by atoms with van der Waals surface area (Å²) in [5, 5.41) is 6.76. The smallest absolute Gasteiger partial charge is 0.190 e. The number of hydrogen-bond donors (Lipinski definition) is 2. The van der Waals surface area contributed by atoms with Crippen LogP contribution in [0.25, 0.3) is 0 Å².